The lowest BCUT2D eigenvalue weighted by Crippen LogP contribution is -2.37. The van der Waals surface area contributed by atoms with Crippen LogP contribution in [0.1, 0.15) is 26.7 Å². The van der Waals surface area contributed by atoms with Crippen LogP contribution in [0.5, 0.6) is 0 Å². The van der Waals surface area contributed by atoms with E-state index in [0.717, 1.165) is 0 Å². The molecule has 1 aliphatic carbocycles. The molecule has 1 atom stereocenters. The standard InChI is InChI=1S/C8H14N2.ClH/c1-8(2,5-9)7(10)6-3-4-6;/h6-7H,3-4,10H2,1-2H3;1H. The van der Waals surface area contributed by atoms with E-state index < -0.39 is 0 Å². The molecule has 2 nitrogen and oxygen atoms in total. The number of nitrogens with two attached hydrogens (primary N) is 1. The van der Waals surface area contributed by atoms with E-state index in [4.69, 9.17) is 11.0 Å². The quantitative estimate of drug-likeness (QED) is 0.693. The molecule has 0 heterocycles. The summed E-state index contributed by atoms with van der Waals surface area (Å²) in [6.45, 7) is 3.83. The van der Waals surface area contributed by atoms with Crippen LogP contribution in [0.15, 0.2) is 0 Å². The molecule has 1 saturated carbocycles. The third kappa shape index (κ3) is 2.36. The molecule has 0 amide bonds. The number of rotatable bonds is 2. The summed E-state index contributed by atoms with van der Waals surface area (Å²) in [5.74, 6) is 0.620. The van der Waals surface area contributed by atoms with Gasteiger partial charge in [-0.05, 0) is 32.6 Å². The van der Waals surface area contributed by atoms with Gasteiger partial charge in [0, 0.05) is 6.04 Å². The molecule has 0 bridgehead atoms. The Kier molecular flexibility index (Phi) is 3.34. The molecule has 0 aromatic carbocycles. The van der Waals surface area contributed by atoms with Gasteiger partial charge in [-0.3, -0.25) is 0 Å². The van der Waals surface area contributed by atoms with Gasteiger partial charge in [0.15, 0.2) is 0 Å². The Bertz CT molecular complexity index is 167. The van der Waals surface area contributed by atoms with Crippen molar-refractivity contribution in [3.63, 3.8) is 0 Å². The third-order valence-electron chi connectivity index (χ3n) is 2.25. The average molecular weight is 175 g/mol. The molecule has 1 aliphatic rings. The maximum Gasteiger partial charge on any atom is 0.0700 e. The summed E-state index contributed by atoms with van der Waals surface area (Å²) in [4.78, 5) is 0. The molecule has 1 rings (SSSR count). The minimum absolute atomic E-state index is 0. The van der Waals surface area contributed by atoms with E-state index in [9.17, 15) is 0 Å². The Labute approximate surface area is 74.2 Å². The SMILES string of the molecule is CC(C)(C#N)C(N)C1CC1.Cl. The van der Waals surface area contributed by atoms with Crippen molar-refractivity contribution in [3.05, 3.63) is 0 Å². The molecule has 3 heteroatoms. The Hall–Kier alpha value is -0.260. The summed E-state index contributed by atoms with van der Waals surface area (Å²) in [6.07, 6.45) is 2.43. The van der Waals surface area contributed by atoms with Crippen molar-refractivity contribution in [3.8, 4) is 6.07 Å². The fourth-order valence-electron chi connectivity index (χ4n) is 1.12. The highest BCUT2D eigenvalue weighted by atomic mass is 35.5. The predicted molar refractivity (Wildman–Crippen MR) is 47.3 cm³/mol. The van der Waals surface area contributed by atoms with Gasteiger partial charge < -0.3 is 5.73 Å². The summed E-state index contributed by atoms with van der Waals surface area (Å²) in [5, 5.41) is 8.71. The number of hydrogen-bond acceptors (Lipinski definition) is 2. The van der Waals surface area contributed by atoms with Gasteiger partial charge in [0.25, 0.3) is 0 Å². The van der Waals surface area contributed by atoms with Crippen LogP contribution in [0.2, 0.25) is 0 Å². The molecule has 64 valence electrons. The minimum atomic E-state index is -0.332. The minimum Gasteiger partial charge on any atom is -0.326 e. The number of nitriles is 1. The predicted octanol–water partition coefficient (Wildman–Crippen LogP) is 1.70. The normalized spacial score (nSPS) is 19.8. The van der Waals surface area contributed by atoms with Crippen LogP contribution in [0.3, 0.4) is 0 Å². The monoisotopic (exact) mass is 174 g/mol. The lowest BCUT2D eigenvalue weighted by atomic mass is 9.84. The molecule has 0 aromatic rings. The van der Waals surface area contributed by atoms with Gasteiger partial charge in [-0.1, -0.05) is 0 Å². The summed E-state index contributed by atoms with van der Waals surface area (Å²) >= 11 is 0. The van der Waals surface area contributed by atoms with Crippen LogP contribution in [0, 0.1) is 22.7 Å². The van der Waals surface area contributed by atoms with E-state index in [1.165, 1.54) is 12.8 Å². The first-order valence-electron chi connectivity index (χ1n) is 3.75. The number of nitrogens with zero attached hydrogens (tertiary/aromatic N) is 1. The van der Waals surface area contributed by atoms with Crippen molar-refractivity contribution >= 4 is 12.4 Å². The Morgan fingerprint density at radius 3 is 2.27 bits per heavy atom. The van der Waals surface area contributed by atoms with Crippen LogP contribution in [-0.2, 0) is 0 Å². The van der Waals surface area contributed by atoms with E-state index in [1.807, 2.05) is 13.8 Å². The first-order chi connectivity index (χ1) is 4.58. The maximum atomic E-state index is 8.71. The van der Waals surface area contributed by atoms with Gasteiger partial charge in [-0.2, -0.15) is 5.26 Å². The summed E-state index contributed by atoms with van der Waals surface area (Å²) in [7, 11) is 0. The zero-order valence-electron chi connectivity index (χ0n) is 7.00. The topological polar surface area (TPSA) is 49.8 Å². The fraction of sp³-hybridized carbons (Fsp3) is 0.875. The van der Waals surface area contributed by atoms with Gasteiger partial charge >= 0.3 is 0 Å². The van der Waals surface area contributed by atoms with Gasteiger partial charge in [0.1, 0.15) is 0 Å². The van der Waals surface area contributed by atoms with Crippen LogP contribution in [-0.4, -0.2) is 6.04 Å². The first-order valence-corrected chi connectivity index (χ1v) is 3.75. The first kappa shape index (κ1) is 10.7. The molecule has 1 unspecified atom stereocenters. The third-order valence-corrected chi connectivity index (χ3v) is 2.25. The summed E-state index contributed by atoms with van der Waals surface area (Å²) in [5.41, 5.74) is 5.51. The van der Waals surface area contributed by atoms with Gasteiger partial charge in [-0.25, -0.2) is 0 Å². The van der Waals surface area contributed by atoms with Crippen molar-refractivity contribution in [1.29, 1.82) is 5.26 Å². The highest BCUT2D eigenvalue weighted by Crippen LogP contribution is 2.38. The van der Waals surface area contributed by atoms with Gasteiger partial charge in [-0.15, -0.1) is 12.4 Å². The Morgan fingerprint density at radius 1 is 1.55 bits per heavy atom. The van der Waals surface area contributed by atoms with Gasteiger partial charge in [0.2, 0.25) is 0 Å². The van der Waals surface area contributed by atoms with E-state index in [1.54, 1.807) is 0 Å². The molecular formula is C8H15ClN2. The fourth-order valence-corrected chi connectivity index (χ4v) is 1.12. The molecule has 11 heavy (non-hydrogen) atoms. The Morgan fingerprint density at radius 2 is 2.00 bits per heavy atom. The second-order valence-corrected chi connectivity index (χ2v) is 3.70. The second kappa shape index (κ2) is 3.42. The van der Waals surface area contributed by atoms with Crippen molar-refractivity contribution in [1.82, 2.24) is 0 Å². The van der Waals surface area contributed by atoms with Crippen LogP contribution in [0.4, 0.5) is 0 Å². The molecule has 0 aromatic heterocycles. The lowest BCUT2D eigenvalue weighted by Gasteiger charge is -2.23. The molecular weight excluding hydrogens is 160 g/mol. The van der Waals surface area contributed by atoms with E-state index >= 15 is 0 Å². The number of halogens is 1. The van der Waals surface area contributed by atoms with Gasteiger partial charge in [0.05, 0.1) is 11.5 Å². The largest absolute Gasteiger partial charge is 0.326 e. The Balaban J connectivity index is 0.000001000. The van der Waals surface area contributed by atoms with Crippen LogP contribution < -0.4 is 5.73 Å². The highest BCUT2D eigenvalue weighted by molar-refractivity contribution is 5.85. The maximum absolute atomic E-state index is 8.71. The van der Waals surface area contributed by atoms with Crippen molar-refractivity contribution in [2.45, 2.75) is 32.7 Å². The van der Waals surface area contributed by atoms with E-state index in [0.29, 0.717) is 5.92 Å². The van der Waals surface area contributed by atoms with E-state index in [-0.39, 0.29) is 23.9 Å². The zero-order chi connectivity index (χ0) is 7.78. The van der Waals surface area contributed by atoms with Crippen LogP contribution in [0.25, 0.3) is 0 Å². The summed E-state index contributed by atoms with van der Waals surface area (Å²) in [6, 6.07) is 2.32. The van der Waals surface area contributed by atoms with Crippen molar-refractivity contribution in [2.24, 2.45) is 17.1 Å². The molecule has 0 radical (unpaired) electrons. The molecule has 2 N–H and O–H groups in total. The zero-order valence-corrected chi connectivity index (χ0v) is 7.82. The molecule has 0 saturated heterocycles. The van der Waals surface area contributed by atoms with Crippen molar-refractivity contribution < 1.29 is 0 Å². The highest BCUT2D eigenvalue weighted by Gasteiger charge is 2.38. The molecule has 1 fully saturated rings. The summed E-state index contributed by atoms with van der Waals surface area (Å²) < 4.78 is 0. The second-order valence-electron chi connectivity index (χ2n) is 3.70. The smallest absolute Gasteiger partial charge is 0.0700 e. The lowest BCUT2D eigenvalue weighted by molar-refractivity contribution is 0.349. The number of hydrogen-bond donors (Lipinski definition) is 1. The van der Waals surface area contributed by atoms with Crippen molar-refractivity contribution in [2.75, 3.05) is 0 Å². The molecule has 0 aliphatic heterocycles. The van der Waals surface area contributed by atoms with E-state index in [2.05, 4.69) is 6.07 Å². The van der Waals surface area contributed by atoms with Crippen LogP contribution >= 0.6 is 12.4 Å². The molecule has 0 spiro atoms. The average Bonchev–Trinajstić information content (AvgIpc) is 2.68.